The van der Waals surface area contributed by atoms with Gasteiger partial charge in [0.05, 0.1) is 12.5 Å². The topological polar surface area (TPSA) is 38.7 Å². The highest BCUT2D eigenvalue weighted by molar-refractivity contribution is 7.96. The van der Waals surface area contributed by atoms with Gasteiger partial charge in [0.25, 0.3) is 0 Å². The van der Waals surface area contributed by atoms with Crippen LogP contribution in [0.1, 0.15) is 5.56 Å². The second kappa shape index (κ2) is 6.60. The average molecular weight is 292 g/mol. The van der Waals surface area contributed by atoms with Crippen LogP contribution in [0, 0.1) is 0 Å². The van der Waals surface area contributed by atoms with Crippen molar-refractivity contribution in [2.24, 2.45) is 5.16 Å². The maximum absolute atomic E-state index is 12.0. The first kappa shape index (κ1) is 15.6. The van der Waals surface area contributed by atoms with Gasteiger partial charge in [0, 0.05) is 5.56 Å². The van der Waals surface area contributed by atoms with E-state index in [1.807, 2.05) is 12.5 Å². The van der Waals surface area contributed by atoms with Gasteiger partial charge in [-0.15, -0.1) is 0 Å². The van der Waals surface area contributed by atoms with Crippen LogP contribution in [-0.2, 0) is 20.5 Å². The van der Waals surface area contributed by atoms with Gasteiger partial charge in [-0.2, -0.15) is 13.2 Å². The quantitative estimate of drug-likeness (QED) is 0.370. The summed E-state index contributed by atoms with van der Waals surface area (Å²) in [4.78, 5) is 14.6. The highest BCUT2D eigenvalue weighted by Gasteiger charge is 2.41. The fourth-order valence-electron chi connectivity index (χ4n) is 1.21. The van der Waals surface area contributed by atoms with Crippen molar-refractivity contribution in [1.29, 1.82) is 0 Å². The molecular weight excluding hydrogens is 279 g/mol. The number of nitrogens with zero attached hydrogens (tertiary/aromatic N) is 1. The maximum atomic E-state index is 12.0. The summed E-state index contributed by atoms with van der Waals surface area (Å²) in [6.45, 7) is 0. The van der Waals surface area contributed by atoms with Gasteiger partial charge in [0.2, 0.25) is 0 Å². The maximum Gasteiger partial charge on any atom is 0.493 e. The van der Waals surface area contributed by atoms with Crippen LogP contribution in [0.25, 0.3) is 0 Å². The zero-order chi connectivity index (χ0) is 14.5. The highest BCUT2D eigenvalue weighted by atomic mass is 32.2. The van der Waals surface area contributed by atoms with Crippen molar-refractivity contribution in [3.05, 3.63) is 35.9 Å². The van der Waals surface area contributed by atoms with Gasteiger partial charge >= 0.3 is 12.1 Å². The molecule has 0 aromatic heterocycles. The van der Waals surface area contributed by atoms with Crippen molar-refractivity contribution in [2.45, 2.75) is 6.18 Å². The minimum absolute atomic E-state index is 0.0853. The molecule has 0 N–H and O–H groups in total. The first-order valence-electron chi connectivity index (χ1n) is 5.25. The standard InChI is InChI=1S/C12H13F3NO2S/c1-19(2)8-10(9-6-4-3-5-7-9)16-18-11(17)12(13,14)15/h3-7H,8H2,1-2H3/q+1. The van der Waals surface area contributed by atoms with Crippen molar-refractivity contribution >= 4 is 22.6 Å². The Hall–Kier alpha value is -1.50. The number of halogens is 3. The van der Waals surface area contributed by atoms with Gasteiger partial charge in [-0.3, -0.25) is 0 Å². The number of hydrogen-bond acceptors (Lipinski definition) is 3. The van der Waals surface area contributed by atoms with Gasteiger partial charge in [-0.1, -0.05) is 35.5 Å². The van der Waals surface area contributed by atoms with Crippen molar-refractivity contribution in [2.75, 3.05) is 18.3 Å². The Labute approximate surface area is 111 Å². The molecule has 1 aromatic rings. The van der Waals surface area contributed by atoms with Crippen molar-refractivity contribution in [1.82, 2.24) is 0 Å². The number of carbonyl (C=O) groups is 1. The molecule has 0 saturated carbocycles. The second-order valence-corrected chi connectivity index (χ2v) is 6.17. The summed E-state index contributed by atoms with van der Waals surface area (Å²) in [6, 6.07) is 8.65. The predicted molar refractivity (Wildman–Crippen MR) is 69.2 cm³/mol. The Bertz CT molecular complexity index is 458. The fourth-order valence-corrected chi connectivity index (χ4v) is 1.98. The Morgan fingerprint density at radius 1 is 1.26 bits per heavy atom. The molecule has 0 spiro atoms. The first-order chi connectivity index (χ1) is 8.80. The number of alkyl halides is 3. The molecule has 0 radical (unpaired) electrons. The van der Waals surface area contributed by atoms with Crippen LogP contribution in [0.15, 0.2) is 35.5 Å². The van der Waals surface area contributed by atoms with Crippen LogP contribution >= 0.6 is 0 Å². The number of oxime groups is 1. The third-order valence-electron chi connectivity index (χ3n) is 2.00. The summed E-state index contributed by atoms with van der Waals surface area (Å²) in [5.74, 6) is -1.87. The van der Waals surface area contributed by atoms with E-state index in [9.17, 15) is 18.0 Å². The van der Waals surface area contributed by atoms with Crippen molar-refractivity contribution in [3.8, 4) is 0 Å². The van der Waals surface area contributed by atoms with Crippen LogP contribution < -0.4 is 0 Å². The molecule has 1 rings (SSSR count). The Kier molecular flexibility index (Phi) is 5.41. The van der Waals surface area contributed by atoms with E-state index in [0.717, 1.165) is 0 Å². The minimum Gasteiger partial charge on any atom is -0.308 e. The molecule has 0 fully saturated rings. The molecule has 0 atom stereocenters. The summed E-state index contributed by atoms with van der Waals surface area (Å²) in [5, 5.41) is 3.35. The predicted octanol–water partition coefficient (Wildman–Crippen LogP) is 2.37. The van der Waals surface area contributed by atoms with Gasteiger partial charge in [-0.05, 0) is 10.9 Å². The van der Waals surface area contributed by atoms with Crippen LogP contribution in [0.4, 0.5) is 13.2 Å². The Morgan fingerprint density at radius 2 is 1.84 bits per heavy atom. The molecule has 3 nitrogen and oxygen atoms in total. The van der Waals surface area contributed by atoms with Gasteiger partial charge in [0.15, 0.2) is 5.75 Å². The summed E-state index contributed by atoms with van der Waals surface area (Å²) < 4.78 is 36.1. The average Bonchev–Trinajstić information content (AvgIpc) is 2.33. The molecule has 0 bridgehead atoms. The lowest BCUT2D eigenvalue weighted by atomic mass is 10.1. The Balaban J connectivity index is 2.89. The van der Waals surface area contributed by atoms with Crippen LogP contribution in [0.5, 0.6) is 0 Å². The van der Waals surface area contributed by atoms with Crippen LogP contribution in [0.3, 0.4) is 0 Å². The summed E-state index contributed by atoms with van der Waals surface area (Å²) in [7, 11) is -0.0853. The molecule has 0 unspecified atom stereocenters. The normalized spacial score (nSPS) is 12.6. The van der Waals surface area contributed by atoms with E-state index >= 15 is 0 Å². The smallest absolute Gasteiger partial charge is 0.308 e. The van der Waals surface area contributed by atoms with Crippen molar-refractivity contribution in [3.63, 3.8) is 0 Å². The third-order valence-corrected chi connectivity index (χ3v) is 2.85. The SMILES string of the molecule is C[S+](C)CC(=NOC(=O)C(F)(F)F)c1ccccc1. The third kappa shape index (κ3) is 5.34. The van der Waals surface area contributed by atoms with E-state index in [1.165, 1.54) is 0 Å². The zero-order valence-electron chi connectivity index (χ0n) is 10.4. The lowest BCUT2D eigenvalue weighted by Crippen LogP contribution is -2.25. The summed E-state index contributed by atoms with van der Waals surface area (Å²) >= 11 is 0. The zero-order valence-corrected chi connectivity index (χ0v) is 11.2. The summed E-state index contributed by atoms with van der Waals surface area (Å²) in [6.07, 6.45) is -1.19. The lowest BCUT2D eigenvalue weighted by Gasteiger charge is -2.05. The van der Waals surface area contributed by atoms with E-state index < -0.39 is 12.1 Å². The molecule has 0 saturated heterocycles. The van der Waals surface area contributed by atoms with E-state index in [0.29, 0.717) is 17.0 Å². The number of hydrogen-bond donors (Lipinski definition) is 0. The molecule has 0 aliphatic rings. The summed E-state index contributed by atoms with van der Waals surface area (Å²) in [5.41, 5.74) is 0.963. The fraction of sp³-hybridized carbons (Fsp3) is 0.333. The minimum atomic E-state index is -5.04. The molecular formula is C12H13F3NO2S+. The van der Waals surface area contributed by atoms with Gasteiger partial charge < -0.3 is 4.84 Å². The van der Waals surface area contributed by atoms with Gasteiger partial charge in [0.1, 0.15) is 5.71 Å². The van der Waals surface area contributed by atoms with E-state index in [-0.39, 0.29) is 10.9 Å². The molecule has 0 heterocycles. The van der Waals surface area contributed by atoms with E-state index in [1.54, 1.807) is 30.3 Å². The molecule has 0 aliphatic heterocycles. The molecule has 0 amide bonds. The highest BCUT2D eigenvalue weighted by Crippen LogP contribution is 2.17. The molecule has 0 aliphatic carbocycles. The number of rotatable bonds is 4. The number of benzene rings is 1. The molecule has 104 valence electrons. The van der Waals surface area contributed by atoms with E-state index in [2.05, 4.69) is 9.99 Å². The molecule has 7 heteroatoms. The van der Waals surface area contributed by atoms with Crippen LogP contribution in [-0.4, -0.2) is 36.1 Å². The first-order valence-corrected chi connectivity index (χ1v) is 7.46. The van der Waals surface area contributed by atoms with E-state index in [4.69, 9.17) is 0 Å². The Morgan fingerprint density at radius 3 is 2.32 bits per heavy atom. The lowest BCUT2D eigenvalue weighted by molar-refractivity contribution is -0.199. The molecule has 1 aromatic carbocycles. The molecule has 19 heavy (non-hydrogen) atoms. The number of carbonyl (C=O) groups excluding carboxylic acids is 1. The largest absolute Gasteiger partial charge is 0.493 e. The second-order valence-electron chi connectivity index (χ2n) is 3.91. The van der Waals surface area contributed by atoms with Crippen molar-refractivity contribution < 1.29 is 22.8 Å². The van der Waals surface area contributed by atoms with Crippen LogP contribution in [0.2, 0.25) is 0 Å². The van der Waals surface area contributed by atoms with Gasteiger partial charge in [-0.25, -0.2) is 4.79 Å². The monoisotopic (exact) mass is 292 g/mol.